The molecule has 0 saturated heterocycles. The number of anilines is 1. The number of nitrogens with zero attached hydrogens (tertiary/aromatic N) is 1. The Balaban J connectivity index is 1.83. The van der Waals surface area contributed by atoms with Crippen molar-refractivity contribution in [2.75, 3.05) is 11.9 Å². The van der Waals surface area contributed by atoms with Crippen molar-refractivity contribution >= 4 is 23.6 Å². The first-order valence-corrected chi connectivity index (χ1v) is 8.77. The lowest BCUT2D eigenvalue weighted by Gasteiger charge is -2.19. The second-order valence-electron chi connectivity index (χ2n) is 7.02. The Hall–Kier alpha value is -3.42. The van der Waals surface area contributed by atoms with E-state index in [4.69, 9.17) is 4.74 Å². The van der Waals surface area contributed by atoms with E-state index < -0.39 is 11.7 Å². The highest BCUT2D eigenvalue weighted by Crippen LogP contribution is 2.11. The van der Waals surface area contributed by atoms with Gasteiger partial charge in [-0.25, -0.2) is 4.79 Å². The van der Waals surface area contributed by atoms with Crippen LogP contribution in [0.25, 0.3) is 0 Å². The van der Waals surface area contributed by atoms with Crippen LogP contribution in [0, 0.1) is 0 Å². The number of hydrogen-bond donors (Lipinski definition) is 3. The van der Waals surface area contributed by atoms with Crippen molar-refractivity contribution in [2.45, 2.75) is 32.9 Å². The third-order valence-electron chi connectivity index (χ3n) is 3.40. The number of benzene rings is 1. The summed E-state index contributed by atoms with van der Waals surface area (Å²) in [6.07, 6.45) is 2.45. The largest absolute Gasteiger partial charge is 0.444 e. The SMILES string of the molecule is CC(C)(C)OC(=O)NCC(=O)Nc1cccc(CNC(=O)c2ccncc2)c1. The van der Waals surface area contributed by atoms with Gasteiger partial charge in [0, 0.05) is 30.2 Å². The molecule has 28 heavy (non-hydrogen) atoms. The number of carbonyl (C=O) groups excluding carboxylic acids is 3. The minimum atomic E-state index is -0.657. The molecule has 1 heterocycles. The van der Waals surface area contributed by atoms with Crippen LogP contribution >= 0.6 is 0 Å². The van der Waals surface area contributed by atoms with E-state index in [1.807, 2.05) is 6.07 Å². The smallest absolute Gasteiger partial charge is 0.408 e. The number of rotatable bonds is 6. The predicted octanol–water partition coefficient (Wildman–Crippen LogP) is 2.47. The van der Waals surface area contributed by atoms with Gasteiger partial charge in [0.2, 0.25) is 5.91 Å². The first-order valence-electron chi connectivity index (χ1n) is 8.77. The lowest BCUT2D eigenvalue weighted by atomic mass is 10.2. The zero-order valence-electron chi connectivity index (χ0n) is 16.1. The summed E-state index contributed by atoms with van der Waals surface area (Å²) in [5, 5.41) is 7.89. The summed E-state index contributed by atoms with van der Waals surface area (Å²) in [6, 6.07) is 10.3. The Morgan fingerprint density at radius 2 is 1.75 bits per heavy atom. The molecule has 0 bridgehead atoms. The van der Waals surface area contributed by atoms with Crippen LogP contribution in [0.5, 0.6) is 0 Å². The average Bonchev–Trinajstić information content (AvgIpc) is 2.64. The van der Waals surface area contributed by atoms with Gasteiger partial charge in [0.05, 0.1) is 0 Å². The highest BCUT2D eigenvalue weighted by atomic mass is 16.6. The molecule has 0 radical (unpaired) electrons. The van der Waals surface area contributed by atoms with Crippen molar-refractivity contribution in [3.05, 3.63) is 59.9 Å². The normalized spacial score (nSPS) is 10.7. The Labute approximate surface area is 163 Å². The molecule has 3 amide bonds. The summed E-state index contributed by atoms with van der Waals surface area (Å²) in [5.41, 5.74) is 1.27. The molecule has 0 saturated carbocycles. The molecular weight excluding hydrogens is 360 g/mol. The molecule has 8 nitrogen and oxygen atoms in total. The Morgan fingerprint density at radius 3 is 2.43 bits per heavy atom. The summed E-state index contributed by atoms with van der Waals surface area (Å²) in [7, 11) is 0. The van der Waals surface area contributed by atoms with Crippen LogP contribution in [0.3, 0.4) is 0 Å². The Morgan fingerprint density at radius 1 is 1.04 bits per heavy atom. The van der Waals surface area contributed by atoms with E-state index in [1.165, 1.54) is 0 Å². The van der Waals surface area contributed by atoms with Crippen molar-refractivity contribution in [3.63, 3.8) is 0 Å². The quantitative estimate of drug-likeness (QED) is 0.709. The van der Waals surface area contributed by atoms with E-state index in [9.17, 15) is 14.4 Å². The van der Waals surface area contributed by atoms with E-state index in [0.29, 0.717) is 17.8 Å². The van der Waals surface area contributed by atoms with Gasteiger partial charge in [-0.3, -0.25) is 14.6 Å². The van der Waals surface area contributed by atoms with Gasteiger partial charge < -0.3 is 20.7 Å². The summed E-state index contributed by atoms with van der Waals surface area (Å²) in [4.78, 5) is 39.5. The molecule has 2 rings (SSSR count). The fraction of sp³-hybridized carbons (Fsp3) is 0.300. The van der Waals surface area contributed by atoms with E-state index in [1.54, 1.807) is 63.5 Å². The summed E-state index contributed by atoms with van der Waals surface area (Å²) in [5.74, 6) is -0.595. The number of pyridine rings is 1. The number of carbonyl (C=O) groups is 3. The lowest BCUT2D eigenvalue weighted by Crippen LogP contribution is -2.37. The highest BCUT2D eigenvalue weighted by Gasteiger charge is 2.16. The molecular formula is C20H24N4O4. The third kappa shape index (κ3) is 7.45. The number of ether oxygens (including phenoxy) is 1. The molecule has 148 valence electrons. The molecule has 1 aromatic carbocycles. The van der Waals surface area contributed by atoms with Gasteiger partial charge in [-0.05, 0) is 50.6 Å². The van der Waals surface area contributed by atoms with Crippen LogP contribution < -0.4 is 16.0 Å². The van der Waals surface area contributed by atoms with Crippen LogP contribution in [0.2, 0.25) is 0 Å². The van der Waals surface area contributed by atoms with Crippen LogP contribution in [0.1, 0.15) is 36.7 Å². The van der Waals surface area contributed by atoms with Crippen molar-refractivity contribution in [1.29, 1.82) is 0 Å². The molecule has 0 unspecified atom stereocenters. The maximum Gasteiger partial charge on any atom is 0.408 e. The molecule has 0 aliphatic rings. The van der Waals surface area contributed by atoms with E-state index in [-0.39, 0.29) is 18.4 Å². The van der Waals surface area contributed by atoms with Crippen LogP contribution in [-0.4, -0.2) is 35.0 Å². The number of amides is 3. The summed E-state index contributed by atoms with van der Waals surface area (Å²) >= 11 is 0. The summed E-state index contributed by atoms with van der Waals surface area (Å²) < 4.78 is 5.07. The van der Waals surface area contributed by atoms with E-state index >= 15 is 0 Å². The number of hydrogen-bond acceptors (Lipinski definition) is 5. The van der Waals surface area contributed by atoms with Crippen LogP contribution in [0.15, 0.2) is 48.8 Å². The number of alkyl carbamates (subject to hydrolysis) is 1. The molecule has 0 atom stereocenters. The van der Waals surface area contributed by atoms with Crippen LogP contribution in [-0.2, 0) is 16.1 Å². The van der Waals surface area contributed by atoms with Gasteiger partial charge in [-0.15, -0.1) is 0 Å². The molecule has 0 aliphatic carbocycles. The van der Waals surface area contributed by atoms with Gasteiger partial charge in [0.25, 0.3) is 5.91 Å². The van der Waals surface area contributed by atoms with Gasteiger partial charge in [-0.2, -0.15) is 0 Å². The highest BCUT2D eigenvalue weighted by molar-refractivity contribution is 5.94. The van der Waals surface area contributed by atoms with Crippen molar-refractivity contribution in [1.82, 2.24) is 15.6 Å². The van der Waals surface area contributed by atoms with Crippen LogP contribution in [0.4, 0.5) is 10.5 Å². The second kappa shape index (κ2) is 9.50. The maximum absolute atomic E-state index is 12.1. The average molecular weight is 384 g/mol. The minimum absolute atomic E-state index is 0.210. The zero-order valence-corrected chi connectivity index (χ0v) is 16.1. The fourth-order valence-electron chi connectivity index (χ4n) is 2.22. The molecule has 0 spiro atoms. The Kier molecular flexibility index (Phi) is 7.08. The molecule has 3 N–H and O–H groups in total. The molecule has 0 aliphatic heterocycles. The van der Waals surface area contributed by atoms with Gasteiger partial charge in [0.1, 0.15) is 12.1 Å². The van der Waals surface area contributed by atoms with Crippen molar-refractivity contribution < 1.29 is 19.1 Å². The summed E-state index contributed by atoms with van der Waals surface area (Å²) in [6.45, 7) is 5.32. The topological polar surface area (TPSA) is 109 Å². The van der Waals surface area contributed by atoms with Gasteiger partial charge in [-0.1, -0.05) is 12.1 Å². The first kappa shape index (κ1) is 20.9. The zero-order chi connectivity index (χ0) is 20.6. The van der Waals surface area contributed by atoms with E-state index in [2.05, 4.69) is 20.9 Å². The molecule has 2 aromatic rings. The van der Waals surface area contributed by atoms with Crippen molar-refractivity contribution in [2.24, 2.45) is 0 Å². The molecule has 1 aromatic heterocycles. The predicted molar refractivity (Wildman–Crippen MR) is 105 cm³/mol. The number of nitrogens with one attached hydrogen (secondary N) is 3. The standard InChI is InChI=1S/C20H24N4O4/c1-20(2,3)28-19(27)23-13-17(25)24-16-6-4-5-14(11-16)12-22-18(26)15-7-9-21-10-8-15/h4-11H,12-13H2,1-3H3,(H,22,26)(H,23,27)(H,24,25). The lowest BCUT2D eigenvalue weighted by molar-refractivity contribution is -0.115. The van der Waals surface area contributed by atoms with Gasteiger partial charge >= 0.3 is 6.09 Å². The molecule has 0 fully saturated rings. The Bertz CT molecular complexity index is 832. The maximum atomic E-state index is 12.1. The molecule has 8 heteroatoms. The van der Waals surface area contributed by atoms with Crippen molar-refractivity contribution in [3.8, 4) is 0 Å². The van der Waals surface area contributed by atoms with E-state index in [0.717, 1.165) is 5.56 Å². The fourth-order valence-corrected chi connectivity index (χ4v) is 2.22. The monoisotopic (exact) mass is 384 g/mol. The first-order chi connectivity index (χ1) is 13.2. The second-order valence-corrected chi connectivity index (χ2v) is 7.02. The number of aromatic nitrogens is 1. The minimum Gasteiger partial charge on any atom is -0.444 e. The third-order valence-corrected chi connectivity index (χ3v) is 3.40. The van der Waals surface area contributed by atoms with Gasteiger partial charge in [0.15, 0.2) is 0 Å².